The van der Waals surface area contributed by atoms with Crippen molar-refractivity contribution in [3.8, 4) is 0 Å². The van der Waals surface area contributed by atoms with Crippen LogP contribution in [-0.2, 0) is 17.7 Å². The second kappa shape index (κ2) is 6.12. The fourth-order valence-electron chi connectivity index (χ4n) is 2.22. The number of nitrogens with two attached hydrogens (primary N) is 1. The first kappa shape index (κ1) is 12.5. The molecule has 0 radical (unpaired) electrons. The average molecular weight is 238 g/mol. The summed E-state index contributed by atoms with van der Waals surface area (Å²) >= 11 is 0. The van der Waals surface area contributed by atoms with Gasteiger partial charge in [0.05, 0.1) is 24.4 Å². The molecule has 2 N–H and O–H groups in total. The van der Waals surface area contributed by atoms with E-state index in [1.165, 1.54) is 0 Å². The zero-order valence-corrected chi connectivity index (χ0v) is 10.5. The second-order valence-corrected chi connectivity index (χ2v) is 4.82. The van der Waals surface area contributed by atoms with Crippen LogP contribution in [0, 0.1) is 0 Å². The van der Waals surface area contributed by atoms with Gasteiger partial charge in [0, 0.05) is 6.20 Å². The quantitative estimate of drug-likeness (QED) is 0.754. The lowest BCUT2D eigenvalue weighted by atomic mass is 10.2. The van der Waals surface area contributed by atoms with Crippen LogP contribution in [0.1, 0.15) is 38.3 Å². The first-order chi connectivity index (χ1) is 8.28. The highest BCUT2D eigenvalue weighted by atomic mass is 16.5. The number of unbranched alkanes of at least 4 members (excludes halogenated alkanes) is 1. The molecule has 1 aromatic heterocycles. The van der Waals surface area contributed by atoms with E-state index in [1.807, 2.05) is 10.9 Å². The largest absolute Gasteiger partial charge is 0.373 e. The minimum Gasteiger partial charge on any atom is -0.373 e. The molecule has 0 bridgehead atoms. The Labute approximate surface area is 102 Å². The molecule has 1 aromatic rings. The lowest BCUT2D eigenvalue weighted by Crippen LogP contribution is -2.16. The predicted molar refractivity (Wildman–Crippen MR) is 65.6 cm³/mol. The Balaban J connectivity index is 1.77. The van der Waals surface area contributed by atoms with Crippen molar-refractivity contribution in [3.63, 3.8) is 0 Å². The van der Waals surface area contributed by atoms with Gasteiger partial charge in [0.2, 0.25) is 0 Å². The van der Waals surface area contributed by atoms with Crippen molar-refractivity contribution in [1.29, 1.82) is 0 Å². The van der Waals surface area contributed by atoms with Crippen LogP contribution in [-0.4, -0.2) is 33.7 Å². The van der Waals surface area contributed by atoms with E-state index in [-0.39, 0.29) is 0 Å². The Kier molecular flexibility index (Phi) is 4.50. The highest BCUT2D eigenvalue weighted by Crippen LogP contribution is 2.20. The topological polar surface area (TPSA) is 66.0 Å². The Morgan fingerprint density at radius 3 is 3.06 bits per heavy atom. The van der Waals surface area contributed by atoms with Gasteiger partial charge in [-0.05, 0) is 45.6 Å². The first-order valence-electron chi connectivity index (χ1n) is 6.52. The third kappa shape index (κ3) is 3.78. The lowest BCUT2D eigenvalue weighted by molar-refractivity contribution is 0.0434. The summed E-state index contributed by atoms with van der Waals surface area (Å²) < 4.78 is 7.67. The molecular formula is C12H22N4O. The van der Waals surface area contributed by atoms with Crippen molar-refractivity contribution in [2.75, 3.05) is 6.54 Å². The normalized spacial score (nSPS) is 24.4. The molecule has 0 saturated carbocycles. The van der Waals surface area contributed by atoms with Crippen molar-refractivity contribution in [2.45, 2.75) is 57.8 Å². The zero-order valence-electron chi connectivity index (χ0n) is 10.5. The van der Waals surface area contributed by atoms with Crippen LogP contribution in [0.15, 0.2) is 6.20 Å². The van der Waals surface area contributed by atoms with E-state index in [0.29, 0.717) is 12.2 Å². The molecule has 2 heterocycles. The van der Waals surface area contributed by atoms with Crippen molar-refractivity contribution < 1.29 is 4.74 Å². The molecule has 2 unspecified atom stereocenters. The van der Waals surface area contributed by atoms with Gasteiger partial charge in [-0.25, -0.2) is 4.68 Å². The Bertz CT molecular complexity index is 339. The van der Waals surface area contributed by atoms with Gasteiger partial charge in [-0.3, -0.25) is 0 Å². The van der Waals surface area contributed by atoms with Crippen molar-refractivity contribution in [2.24, 2.45) is 5.73 Å². The molecule has 1 fully saturated rings. The van der Waals surface area contributed by atoms with E-state index in [9.17, 15) is 0 Å². The second-order valence-electron chi connectivity index (χ2n) is 4.82. The van der Waals surface area contributed by atoms with E-state index in [1.54, 1.807) is 0 Å². The van der Waals surface area contributed by atoms with E-state index in [0.717, 1.165) is 50.9 Å². The molecule has 5 nitrogen and oxygen atoms in total. The van der Waals surface area contributed by atoms with Crippen LogP contribution in [0.2, 0.25) is 0 Å². The Hall–Kier alpha value is -0.940. The molecule has 5 heteroatoms. The van der Waals surface area contributed by atoms with Crippen LogP contribution in [0.25, 0.3) is 0 Å². The summed E-state index contributed by atoms with van der Waals surface area (Å²) in [7, 11) is 0. The van der Waals surface area contributed by atoms with E-state index in [2.05, 4.69) is 17.2 Å². The SMILES string of the molecule is CC1CCC(Cn2cc(CCCCN)nn2)O1. The van der Waals surface area contributed by atoms with Gasteiger partial charge in [0.25, 0.3) is 0 Å². The molecular weight excluding hydrogens is 216 g/mol. The van der Waals surface area contributed by atoms with Crippen molar-refractivity contribution in [1.82, 2.24) is 15.0 Å². The highest BCUT2D eigenvalue weighted by molar-refractivity contribution is 4.92. The zero-order chi connectivity index (χ0) is 12.1. The molecule has 1 aliphatic heterocycles. The fraction of sp³-hybridized carbons (Fsp3) is 0.833. The number of aromatic nitrogens is 3. The molecule has 2 rings (SSSR count). The minimum atomic E-state index is 0.309. The summed E-state index contributed by atoms with van der Waals surface area (Å²) in [6.07, 6.45) is 8.13. The van der Waals surface area contributed by atoms with E-state index in [4.69, 9.17) is 10.5 Å². The molecule has 0 aliphatic carbocycles. The third-order valence-electron chi connectivity index (χ3n) is 3.18. The summed E-state index contributed by atoms with van der Waals surface area (Å²) in [5.41, 5.74) is 6.52. The summed E-state index contributed by atoms with van der Waals surface area (Å²) in [6.45, 7) is 3.70. The smallest absolute Gasteiger partial charge is 0.0827 e. The molecule has 17 heavy (non-hydrogen) atoms. The third-order valence-corrected chi connectivity index (χ3v) is 3.18. The summed E-state index contributed by atoms with van der Waals surface area (Å²) in [6, 6.07) is 0. The number of rotatable bonds is 6. The van der Waals surface area contributed by atoms with E-state index < -0.39 is 0 Å². The van der Waals surface area contributed by atoms with Crippen molar-refractivity contribution in [3.05, 3.63) is 11.9 Å². The van der Waals surface area contributed by atoms with Crippen molar-refractivity contribution >= 4 is 0 Å². The Morgan fingerprint density at radius 2 is 2.35 bits per heavy atom. The fourth-order valence-corrected chi connectivity index (χ4v) is 2.22. The summed E-state index contributed by atoms with van der Waals surface area (Å²) in [5, 5.41) is 8.30. The average Bonchev–Trinajstić information content (AvgIpc) is 2.90. The molecule has 2 atom stereocenters. The highest BCUT2D eigenvalue weighted by Gasteiger charge is 2.22. The molecule has 0 spiro atoms. The lowest BCUT2D eigenvalue weighted by Gasteiger charge is -2.09. The summed E-state index contributed by atoms with van der Waals surface area (Å²) in [5.74, 6) is 0. The molecule has 1 saturated heterocycles. The van der Waals surface area contributed by atoms with Crippen LogP contribution in [0.5, 0.6) is 0 Å². The van der Waals surface area contributed by atoms with Gasteiger partial charge in [-0.1, -0.05) is 5.21 Å². The number of nitrogens with zero attached hydrogens (tertiary/aromatic N) is 3. The number of ether oxygens (including phenoxy) is 1. The molecule has 0 aromatic carbocycles. The first-order valence-corrected chi connectivity index (χ1v) is 6.52. The summed E-state index contributed by atoms with van der Waals surface area (Å²) in [4.78, 5) is 0. The monoisotopic (exact) mass is 238 g/mol. The maximum atomic E-state index is 5.77. The maximum Gasteiger partial charge on any atom is 0.0827 e. The number of hydrogen-bond acceptors (Lipinski definition) is 4. The predicted octanol–water partition coefficient (Wildman–Crippen LogP) is 1.13. The minimum absolute atomic E-state index is 0.309. The van der Waals surface area contributed by atoms with Crippen LogP contribution in [0.4, 0.5) is 0 Å². The Morgan fingerprint density at radius 1 is 1.47 bits per heavy atom. The van der Waals surface area contributed by atoms with Gasteiger partial charge >= 0.3 is 0 Å². The van der Waals surface area contributed by atoms with Crippen LogP contribution >= 0.6 is 0 Å². The molecule has 96 valence electrons. The molecule has 1 aliphatic rings. The van der Waals surface area contributed by atoms with Crippen LogP contribution < -0.4 is 5.73 Å². The van der Waals surface area contributed by atoms with Gasteiger partial charge in [-0.15, -0.1) is 5.10 Å². The van der Waals surface area contributed by atoms with E-state index >= 15 is 0 Å². The number of hydrogen-bond donors (Lipinski definition) is 1. The van der Waals surface area contributed by atoms with Gasteiger partial charge < -0.3 is 10.5 Å². The number of aryl methyl sites for hydroxylation is 1. The van der Waals surface area contributed by atoms with Crippen LogP contribution in [0.3, 0.4) is 0 Å². The van der Waals surface area contributed by atoms with Gasteiger partial charge in [0.1, 0.15) is 0 Å². The standard InChI is InChI=1S/C12H22N4O/c1-10-5-6-12(17-10)9-16-8-11(14-15-16)4-2-3-7-13/h8,10,12H,2-7,9,13H2,1H3. The van der Waals surface area contributed by atoms with Gasteiger partial charge in [-0.2, -0.15) is 0 Å². The molecule has 0 amide bonds. The maximum absolute atomic E-state index is 5.77. The van der Waals surface area contributed by atoms with Gasteiger partial charge in [0.15, 0.2) is 0 Å².